The molecule has 3 rings (SSSR count). The summed E-state index contributed by atoms with van der Waals surface area (Å²) >= 11 is 0. The van der Waals surface area contributed by atoms with Gasteiger partial charge in [-0.3, -0.25) is 0 Å². The number of nitrogens with one attached hydrogen (secondary N) is 1. The first-order valence-corrected chi connectivity index (χ1v) is 9.49. The lowest BCUT2D eigenvalue weighted by atomic mass is 9.87. The highest BCUT2D eigenvalue weighted by atomic mass is 16.5. The fourth-order valence-electron chi connectivity index (χ4n) is 3.87. The maximum Gasteiger partial charge on any atom is 0.118 e. The van der Waals surface area contributed by atoms with Crippen LogP contribution in [0.1, 0.15) is 55.7 Å². The Hall–Kier alpha value is -2.00. The van der Waals surface area contributed by atoms with Crippen LogP contribution in [-0.2, 0) is 0 Å². The summed E-state index contributed by atoms with van der Waals surface area (Å²) in [4.78, 5) is 0. The number of nitrogens with two attached hydrogens (primary N) is 1. The summed E-state index contributed by atoms with van der Waals surface area (Å²) in [7, 11) is 1.70. The highest BCUT2D eigenvalue weighted by molar-refractivity contribution is 5.44. The molecule has 0 amide bonds. The molecule has 1 aliphatic rings. The van der Waals surface area contributed by atoms with Gasteiger partial charge in [-0.2, -0.15) is 0 Å². The van der Waals surface area contributed by atoms with Gasteiger partial charge in [0.1, 0.15) is 5.75 Å². The molecular weight excluding hydrogens is 308 g/mol. The molecule has 3 nitrogen and oxygen atoms in total. The van der Waals surface area contributed by atoms with E-state index in [9.17, 15) is 0 Å². The van der Waals surface area contributed by atoms with Crippen LogP contribution in [0.3, 0.4) is 0 Å². The second kappa shape index (κ2) is 8.91. The van der Waals surface area contributed by atoms with E-state index in [4.69, 9.17) is 10.5 Å². The molecular formula is C22H30N2O. The molecule has 1 atom stereocenters. The predicted molar refractivity (Wildman–Crippen MR) is 105 cm³/mol. The standard InChI is InChI=1S/C22H30N2O/c1-25-21-12-10-18(11-13-21)22(19-8-5-9-20(23)16-19)24-15-14-17-6-3-2-4-7-17/h5,8-13,16-17,22,24H,2-4,6-7,14-15,23H2,1H3. The molecule has 0 aromatic heterocycles. The number of methoxy groups -OCH3 is 1. The minimum Gasteiger partial charge on any atom is -0.497 e. The number of hydrogen-bond acceptors (Lipinski definition) is 3. The number of rotatable bonds is 7. The zero-order valence-electron chi connectivity index (χ0n) is 15.2. The van der Waals surface area contributed by atoms with Crippen molar-refractivity contribution in [3.63, 3.8) is 0 Å². The first-order valence-electron chi connectivity index (χ1n) is 9.49. The lowest BCUT2D eigenvalue weighted by Crippen LogP contribution is -2.25. The first kappa shape index (κ1) is 17.8. The number of hydrogen-bond donors (Lipinski definition) is 2. The van der Waals surface area contributed by atoms with Gasteiger partial charge >= 0.3 is 0 Å². The Morgan fingerprint density at radius 3 is 2.48 bits per heavy atom. The fraction of sp³-hybridized carbons (Fsp3) is 0.455. The van der Waals surface area contributed by atoms with Crippen molar-refractivity contribution in [3.8, 4) is 5.75 Å². The van der Waals surface area contributed by atoms with Crippen molar-refractivity contribution in [1.82, 2.24) is 5.32 Å². The molecule has 2 aromatic rings. The van der Waals surface area contributed by atoms with Crippen LogP contribution in [0.25, 0.3) is 0 Å². The Labute approximate surface area is 151 Å². The normalized spacial score (nSPS) is 16.5. The van der Waals surface area contributed by atoms with Crippen LogP contribution in [0, 0.1) is 5.92 Å². The van der Waals surface area contributed by atoms with Crippen LogP contribution < -0.4 is 15.8 Å². The van der Waals surface area contributed by atoms with Gasteiger partial charge in [0, 0.05) is 5.69 Å². The highest BCUT2D eigenvalue weighted by Crippen LogP contribution is 2.28. The molecule has 0 aliphatic heterocycles. The quantitative estimate of drug-likeness (QED) is 0.704. The Kier molecular flexibility index (Phi) is 6.35. The van der Waals surface area contributed by atoms with Crippen molar-refractivity contribution in [2.45, 2.75) is 44.6 Å². The van der Waals surface area contributed by atoms with Gasteiger partial charge in [0.15, 0.2) is 0 Å². The number of ether oxygens (including phenoxy) is 1. The molecule has 1 aliphatic carbocycles. The molecule has 3 heteroatoms. The van der Waals surface area contributed by atoms with Crippen molar-refractivity contribution >= 4 is 5.69 Å². The monoisotopic (exact) mass is 338 g/mol. The lowest BCUT2D eigenvalue weighted by molar-refractivity contribution is 0.331. The van der Waals surface area contributed by atoms with E-state index in [1.807, 2.05) is 24.3 Å². The minimum absolute atomic E-state index is 0.165. The Morgan fingerprint density at radius 1 is 1.04 bits per heavy atom. The largest absolute Gasteiger partial charge is 0.497 e. The molecule has 134 valence electrons. The van der Waals surface area contributed by atoms with Crippen LogP contribution in [0.4, 0.5) is 5.69 Å². The topological polar surface area (TPSA) is 47.3 Å². The summed E-state index contributed by atoms with van der Waals surface area (Å²) < 4.78 is 5.29. The molecule has 0 bridgehead atoms. The number of nitrogen functional groups attached to an aromatic ring is 1. The van der Waals surface area contributed by atoms with Crippen molar-refractivity contribution in [2.75, 3.05) is 19.4 Å². The van der Waals surface area contributed by atoms with Crippen molar-refractivity contribution in [3.05, 3.63) is 59.7 Å². The highest BCUT2D eigenvalue weighted by Gasteiger charge is 2.17. The van der Waals surface area contributed by atoms with Gasteiger partial charge in [-0.1, -0.05) is 56.4 Å². The maximum absolute atomic E-state index is 6.02. The van der Waals surface area contributed by atoms with Crippen molar-refractivity contribution in [1.29, 1.82) is 0 Å². The van der Waals surface area contributed by atoms with Crippen LogP contribution in [0.15, 0.2) is 48.5 Å². The molecule has 25 heavy (non-hydrogen) atoms. The fourth-order valence-corrected chi connectivity index (χ4v) is 3.87. The summed E-state index contributed by atoms with van der Waals surface area (Å²) in [5, 5.41) is 3.77. The molecule has 1 saturated carbocycles. The molecule has 0 heterocycles. The Morgan fingerprint density at radius 2 is 1.80 bits per heavy atom. The summed E-state index contributed by atoms with van der Waals surface area (Å²) in [6.45, 7) is 1.04. The van der Waals surface area contributed by atoms with E-state index in [1.165, 1.54) is 49.7 Å². The van der Waals surface area contributed by atoms with E-state index < -0.39 is 0 Å². The van der Waals surface area contributed by atoms with Gasteiger partial charge in [-0.15, -0.1) is 0 Å². The van der Waals surface area contributed by atoms with Crippen LogP contribution in [-0.4, -0.2) is 13.7 Å². The first-order chi connectivity index (χ1) is 12.3. The van der Waals surface area contributed by atoms with Crippen LogP contribution in [0.2, 0.25) is 0 Å². The molecule has 2 aromatic carbocycles. The third kappa shape index (κ3) is 4.99. The second-order valence-electron chi connectivity index (χ2n) is 7.12. The van der Waals surface area contributed by atoms with Crippen LogP contribution in [0.5, 0.6) is 5.75 Å². The van der Waals surface area contributed by atoms with E-state index in [1.54, 1.807) is 7.11 Å². The van der Waals surface area contributed by atoms with Gasteiger partial charge in [-0.05, 0) is 54.3 Å². The lowest BCUT2D eigenvalue weighted by Gasteiger charge is -2.24. The van der Waals surface area contributed by atoms with E-state index in [-0.39, 0.29) is 6.04 Å². The zero-order chi connectivity index (χ0) is 17.5. The SMILES string of the molecule is COc1ccc(C(NCCC2CCCCC2)c2cccc(N)c2)cc1. The third-order valence-electron chi connectivity index (χ3n) is 5.32. The second-order valence-corrected chi connectivity index (χ2v) is 7.12. The van der Waals surface area contributed by atoms with E-state index >= 15 is 0 Å². The summed E-state index contributed by atoms with van der Waals surface area (Å²) in [5.41, 5.74) is 9.29. The van der Waals surface area contributed by atoms with E-state index in [0.29, 0.717) is 0 Å². The zero-order valence-corrected chi connectivity index (χ0v) is 15.2. The maximum atomic E-state index is 6.02. The van der Waals surface area contributed by atoms with E-state index in [2.05, 4.69) is 29.6 Å². The van der Waals surface area contributed by atoms with Gasteiger partial charge in [0.2, 0.25) is 0 Å². The average molecular weight is 338 g/mol. The van der Waals surface area contributed by atoms with Crippen molar-refractivity contribution < 1.29 is 4.74 Å². The number of anilines is 1. The predicted octanol–water partition coefficient (Wildman–Crippen LogP) is 4.93. The van der Waals surface area contributed by atoms with Crippen LogP contribution >= 0.6 is 0 Å². The smallest absolute Gasteiger partial charge is 0.118 e. The van der Waals surface area contributed by atoms with Crippen molar-refractivity contribution in [2.24, 2.45) is 5.92 Å². The molecule has 0 radical (unpaired) electrons. The summed E-state index contributed by atoms with van der Waals surface area (Å²) in [6.07, 6.45) is 8.28. The molecule has 0 saturated heterocycles. The summed E-state index contributed by atoms with van der Waals surface area (Å²) in [5.74, 6) is 1.77. The summed E-state index contributed by atoms with van der Waals surface area (Å²) in [6, 6.07) is 16.7. The molecule has 1 unspecified atom stereocenters. The van der Waals surface area contributed by atoms with Gasteiger partial charge in [-0.25, -0.2) is 0 Å². The third-order valence-corrected chi connectivity index (χ3v) is 5.32. The molecule has 1 fully saturated rings. The Bertz CT molecular complexity index is 647. The average Bonchev–Trinajstić information content (AvgIpc) is 2.66. The number of benzene rings is 2. The molecule has 0 spiro atoms. The van der Waals surface area contributed by atoms with Gasteiger partial charge in [0.25, 0.3) is 0 Å². The van der Waals surface area contributed by atoms with Gasteiger partial charge < -0.3 is 15.8 Å². The van der Waals surface area contributed by atoms with Gasteiger partial charge in [0.05, 0.1) is 13.2 Å². The molecule has 3 N–H and O–H groups in total. The Balaban J connectivity index is 1.71. The minimum atomic E-state index is 0.165. The van der Waals surface area contributed by atoms with E-state index in [0.717, 1.165) is 23.9 Å².